The molecule has 4 heteroatoms. The Labute approximate surface area is 180 Å². The van der Waals surface area contributed by atoms with Crippen LogP contribution in [0.25, 0.3) is 21.5 Å². The van der Waals surface area contributed by atoms with Gasteiger partial charge in [0.15, 0.2) is 0 Å². The average molecular weight is 411 g/mol. The Bertz CT molecular complexity index is 935. The van der Waals surface area contributed by atoms with Crippen LogP contribution in [-0.4, -0.2) is 24.4 Å². The fraction of sp³-hybridized carbons (Fsp3) is 0.462. The summed E-state index contributed by atoms with van der Waals surface area (Å²) in [5, 5.41) is 3.80. The SMILES string of the molecule is CC(C)Oc1cccc2c(OC(C)C)c3c(OC(C)C)cccc3c(OC(C)C)c12. The van der Waals surface area contributed by atoms with E-state index in [1.807, 2.05) is 79.7 Å². The van der Waals surface area contributed by atoms with E-state index in [1.54, 1.807) is 0 Å². The number of rotatable bonds is 8. The van der Waals surface area contributed by atoms with Gasteiger partial charge in [0.25, 0.3) is 0 Å². The number of hydrogen-bond acceptors (Lipinski definition) is 4. The smallest absolute Gasteiger partial charge is 0.139 e. The Morgan fingerprint density at radius 3 is 1.10 bits per heavy atom. The van der Waals surface area contributed by atoms with E-state index < -0.39 is 0 Å². The number of fused-ring (bicyclic) bond motifs is 2. The van der Waals surface area contributed by atoms with Crippen molar-refractivity contribution in [1.82, 2.24) is 0 Å². The third-order valence-electron chi connectivity index (χ3n) is 4.43. The highest BCUT2D eigenvalue weighted by Gasteiger charge is 2.24. The van der Waals surface area contributed by atoms with Gasteiger partial charge in [-0.25, -0.2) is 0 Å². The molecule has 162 valence electrons. The molecular formula is C26H34O4. The van der Waals surface area contributed by atoms with E-state index in [2.05, 4.69) is 12.1 Å². The van der Waals surface area contributed by atoms with Crippen molar-refractivity contribution in [2.75, 3.05) is 0 Å². The van der Waals surface area contributed by atoms with E-state index in [9.17, 15) is 0 Å². The normalized spacial score (nSPS) is 11.9. The zero-order valence-electron chi connectivity index (χ0n) is 19.4. The Balaban J connectivity index is 2.51. The number of benzene rings is 3. The summed E-state index contributed by atoms with van der Waals surface area (Å²) in [6, 6.07) is 12.1. The zero-order chi connectivity index (χ0) is 22.0. The second-order valence-electron chi connectivity index (χ2n) is 8.68. The maximum absolute atomic E-state index is 6.39. The lowest BCUT2D eigenvalue weighted by Crippen LogP contribution is -2.12. The molecule has 0 bridgehead atoms. The fourth-order valence-corrected chi connectivity index (χ4v) is 3.60. The van der Waals surface area contributed by atoms with Crippen LogP contribution in [0.15, 0.2) is 36.4 Å². The molecule has 0 aliphatic rings. The molecule has 0 radical (unpaired) electrons. The topological polar surface area (TPSA) is 36.9 Å². The Hall–Kier alpha value is -2.62. The van der Waals surface area contributed by atoms with Crippen LogP contribution in [0.3, 0.4) is 0 Å². The Morgan fingerprint density at radius 1 is 0.467 bits per heavy atom. The van der Waals surface area contributed by atoms with Crippen molar-refractivity contribution in [1.29, 1.82) is 0 Å². The monoisotopic (exact) mass is 410 g/mol. The lowest BCUT2D eigenvalue weighted by Gasteiger charge is -2.24. The first-order valence-corrected chi connectivity index (χ1v) is 10.9. The second-order valence-corrected chi connectivity index (χ2v) is 8.68. The molecule has 0 aliphatic heterocycles. The van der Waals surface area contributed by atoms with Crippen LogP contribution in [0.2, 0.25) is 0 Å². The third-order valence-corrected chi connectivity index (χ3v) is 4.43. The fourth-order valence-electron chi connectivity index (χ4n) is 3.60. The van der Waals surface area contributed by atoms with Crippen molar-refractivity contribution in [3.05, 3.63) is 36.4 Å². The van der Waals surface area contributed by atoms with E-state index in [0.717, 1.165) is 44.5 Å². The molecule has 0 saturated carbocycles. The first kappa shape index (κ1) is 22.1. The second kappa shape index (κ2) is 9.03. The summed E-state index contributed by atoms with van der Waals surface area (Å²) in [7, 11) is 0. The van der Waals surface area contributed by atoms with Gasteiger partial charge < -0.3 is 18.9 Å². The van der Waals surface area contributed by atoms with Crippen molar-refractivity contribution in [2.24, 2.45) is 0 Å². The van der Waals surface area contributed by atoms with Crippen LogP contribution < -0.4 is 18.9 Å². The molecule has 0 aliphatic carbocycles. The molecule has 0 atom stereocenters. The molecule has 0 fully saturated rings. The van der Waals surface area contributed by atoms with Crippen LogP contribution >= 0.6 is 0 Å². The van der Waals surface area contributed by atoms with Gasteiger partial charge in [-0.1, -0.05) is 24.3 Å². The Kier molecular flexibility index (Phi) is 6.64. The quantitative estimate of drug-likeness (QED) is 0.370. The highest BCUT2D eigenvalue weighted by atomic mass is 16.5. The van der Waals surface area contributed by atoms with E-state index in [0.29, 0.717) is 0 Å². The molecule has 3 rings (SSSR count). The summed E-state index contributed by atoms with van der Waals surface area (Å²) in [6.07, 6.45) is 0.108. The highest BCUT2D eigenvalue weighted by Crippen LogP contribution is 2.50. The largest absolute Gasteiger partial charge is 0.490 e. The van der Waals surface area contributed by atoms with Crippen molar-refractivity contribution in [3.63, 3.8) is 0 Å². The van der Waals surface area contributed by atoms with Crippen molar-refractivity contribution in [3.8, 4) is 23.0 Å². The van der Waals surface area contributed by atoms with Gasteiger partial charge in [-0.05, 0) is 67.5 Å². The molecule has 0 saturated heterocycles. The molecule has 0 N–H and O–H groups in total. The third kappa shape index (κ3) is 4.58. The van der Waals surface area contributed by atoms with Gasteiger partial charge in [0.2, 0.25) is 0 Å². The van der Waals surface area contributed by atoms with Crippen LogP contribution in [0.5, 0.6) is 23.0 Å². The zero-order valence-corrected chi connectivity index (χ0v) is 19.4. The van der Waals surface area contributed by atoms with Gasteiger partial charge in [-0.2, -0.15) is 0 Å². The maximum Gasteiger partial charge on any atom is 0.139 e. The summed E-state index contributed by atoms with van der Waals surface area (Å²) in [6.45, 7) is 16.3. The predicted octanol–water partition coefficient (Wildman–Crippen LogP) is 7.14. The van der Waals surface area contributed by atoms with E-state index >= 15 is 0 Å². The predicted molar refractivity (Wildman–Crippen MR) is 125 cm³/mol. The van der Waals surface area contributed by atoms with Crippen molar-refractivity contribution in [2.45, 2.75) is 79.8 Å². The van der Waals surface area contributed by atoms with Gasteiger partial charge in [-0.15, -0.1) is 0 Å². The molecule has 0 aromatic heterocycles. The molecule has 0 amide bonds. The highest BCUT2D eigenvalue weighted by molar-refractivity contribution is 6.15. The first-order chi connectivity index (χ1) is 14.2. The molecule has 0 spiro atoms. The molecule has 3 aromatic rings. The Morgan fingerprint density at radius 2 is 0.800 bits per heavy atom. The van der Waals surface area contributed by atoms with Crippen LogP contribution in [-0.2, 0) is 0 Å². The summed E-state index contributed by atoms with van der Waals surface area (Å²) in [5.41, 5.74) is 0. The van der Waals surface area contributed by atoms with E-state index in [-0.39, 0.29) is 24.4 Å². The maximum atomic E-state index is 6.39. The summed E-state index contributed by atoms with van der Waals surface area (Å²) in [4.78, 5) is 0. The standard InChI is InChI=1S/C26H34O4/c1-15(2)27-21-13-9-11-19-23(21)25(29-17(5)6)20-12-10-14-22(28-16(3)4)24(20)26(19)30-18(7)8/h9-18H,1-8H3. The number of ether oxygens (including phenoxy) is 4. The summed E-state index contributed by atoms with van der Waals surface area (Å²) < 4.78 is 25.2. The van der Waals surface area contributed by atoms with Gasteiger partial charge >= 0.3 is 0 Å². The lowest BCUT2D eigenvalue weighted by molar-refractivity contribution is 0.232. The van der Waals surface area contributed by atoms with Crippen molar-refractivity contribution < 1.29 is 18.9 Å². The minimum absolute atomic E-state index is 0.00930. The van der Waals surface area contributed by atoms with Gasteiger partial charge in [-0.3, -0.25) is 0 Å². The first-order valence-electron chi connectivity index (χ1n) is 10.9. The van der Waals surface area contributed by atoms with Crippen LogP contribution in [0.1, 0.15) is 55.4 Å². The van der Waals surface area contributed by atoms with Gasteiger partial charge in [0, 0.05) is 10.8 Å². The molecule has 3 aromatic carbocycles. The molecule has 4 nitrogen and oxygen atoms in total. The molecule has 0 unspecified atom stereocenters. The van der Waals surface area contributed by atoms with E-state index in [4.69, 9.17) is 18.9 Å². The minimum Gasteiger partial charge on any atom is -0.490 e. The summed E-state index contributed by atoms with van der Waals surface area (Å²) >= 11 is 0. The summed E-state index contributed by atoms with van der Waals surface area (Å²) in [5.74, 6) is 3.20. The van der Waals surface area contributed by atoms with Crippen LogP contribution in [0.4, 0.5) is 0 Å². The van der Waals surface area contributed by atoms with Crippen molar-refractivity contribution >= 4 is 21.5 Å². The van der Waals surface area contributed by atoms with Gasteiger partial charge in [0.05, 0.1) is 35.2 Å². The van der Waals surface area contributed by atoms with Crippen LogP contribution in [0, 0.1) is 0 Å². The van der Waals surface area contributed by atoms with Gasteiger partial charge in [0.1, 0.15) is 23.0 Å². The number of hydrogen-bond donors (Lipinski definition) is 0. The molecule has 0 heterocycles. The minimum atomic E-state index is 0.00930. The van der Waals surface area contributed by atoms with E-state index in [1.165, 1.54) is 0 Å². The molecule has 30 heavy (non-hydrogen) atoms. The molecular weight excluding hydrogens is 376 g/mol. The lowest BCUT2D eigenvalue weighted by atomic mass is 9.98. The average Bonchev–Trinajstić information content (AvgIpc) is 2.63.